The molecule has 2 rings (SSSR count). The molecule has 0 aliphatic heterocycles. The van der Waals surface area contributed by atoms with Gasteiger partial charge in [-0.3, -0.25) is 10.1 Å². The molecular formula is C11H7F2N3O3. The number of nitrogens with two attached hydrogens (primary N) is 1. The average molecular weight is 267 g/mol. The molecular weight excluding hydrogens is 260 g/mol. The first-order valence-corrected chi connectivity index (χ1v) is 5.02. The van der Waals surface area contributed by atoms with Gasteiger partial charge in [0.05, 0.1) is 4.92 Å². The van der Waals surface area contributed by atoms with Crippen molar-refractivity contribution >= 4 is 11.5 Å². The molecule has 98 valence electrons. The average Bonchev–Trinajstić information content (AvgIpc) is 2.34. The number of hydrogen-bond acceptors (Lipinski definition) is 5. The standard InChI is InChI=1S/C11H7F2N3O3/c12-6-2-1-3-8(10(6)13)19-9-5-4-7(16(17)18)11(14)15-9/h1-5H,(H2,14,15). The van der Waals surface area contributed by atoms with Crippen LogP contribution in [0.15, 0.2) is 30.3 Å². The molecule has 0 atom stereocenters. The lowest BCUT2D eigenvalue weighted by atomic mass is 10.3. The third kappa shape index (κ3) is 2.57. The minimum Gasteiger partial charge on any atom is -0.436 e. The van der Waals surface area contributed by atoms with E-state index in [1.807, 2.05) is 0 Å². The van der Waals surface area contributed by atoms with Crippen LogP contribution in [0, 0.1) is 21.7 Å². The SMILES string of the molecule is Nc1nc(Oc2cccc(F)c2F)ccc1[N+](=O)[O-]. The normalized spacial score (nSPS) is 10.2. The van der Waals surface area contributed by atoms with Crippen LogP contribution in [0.5, 0.6) is 11.6 Å². The topological polar surface area (TPSA) is 91.3 Å². The summed E-state index contributed by atoms with van der Waals surface area (Å²) in [7, 11) is 0. The molecule has 0 spiro atoms. The number of anilines is 1. The number of hydrogen-bond donors (Lipinski definition) is 1. The maximum Gasteiger partial charge on any atom is 0.311 e. The van der Waals surface area contributed by atoms with Crippen molar-refractivity contribution in [3.8, 4) is 11.6 Å². The van der Waals surface area contributed by atoms with E-state index in [0.717, 1.165) is 18.2 Å². The Hall–Kier alpha value is -2.77. The first-order valence-electron chi connectivity index (χ1n) is 5.02. The minimum absolute atomic E-state index is 0.174. The van der Waals surface area contributed by atoms with Crippen LogP contribution < -0.4 is 10.5 Å². The molecule has 0 unspecified atom stereocenters. The number of halogens is 2. The first kappa shape index (κ1) is 12.7. The van der Waals surface area contributed by atoms with Crippen LogP contribution in [-0.2, 0) is 0 Å². The second kappa shape index (κ2) is 4.84. The van der Waals surface area contributed by atoms with Crippen LogP contribution in [0.2, 0.25) is 0 Å². The highest BCUT2D eigenvalue weighted by Crippen LogP contribution is 2.27. The van der Waals surface area contributed by atoms with E-state index >= 15 is 0 Å². The zero-order chi connectivity index (χ0) is 14.0. The number of ether oxygens (including phenoxy) is 1. The van der Waals surface area contributed by atoms with E-state index in [1.165, 1.54) is 12.1 Å². The third-order valence-electron chi connectivity index (χ3n) is 2.20. The molecule has 0 aliphatic carbocycles. The summed E-state index contributed by atoms with van der Waals surface area (Å²) in [6, 6.07) is 5.58. The lowest BCUT2D eigenvalue weighted by Crippen LogP contribution is -2.00. The van der Waals surface area contributed by atoms with E-state index in [4.69, 9.17) is 10.5 Å². The summed E-state index contributed by atoms with van der Waals surface area (Å²) in [6.07, 6.45) is 0. The van der Waals surface area contributed by atoms with Gasteiger partial charge in [0.1, 0.15) is 0 Å². The zero-order valence-corrected chi connectivity index (χ0v) is 9.34. The lowest BCUT2D eigenvalue weighted by molar-refractivity contribution is -0.384. The van der Waals surface area contributed by atoms with Crippen molar-refractivity contribution in [2.75, 3.05) is 5.73 Å². The van der Waals surface area contributed by atoms with Crippen molar-refractivity contribution in [2.24, 2.45) is 0 Å². The fraction of sp³-hybridized carbons (Fsp3) is 0. The third-order valence-corrected chi connectivity index (χ3v) is 2.20. The van der Waals surface area contributed by atoms with Crippen LogP contribution in [-0.4, -0.2) is 9.91 Å². The van der Waals surface area contributed by atoms with Gasteiger partial charge in [-0.15, -0.1) is 0 Å². The van der Waals surface area contributed by atoms with E-state index in [2.05, 4.69) is 4.98 Å². The Morgan fingerprint density at radius 1 is 1.26 bits per heavy atom. The Kier molecular flexibility index (Phi) is 3.23. The summed E-state index contributed by atoms with van der Waals surface area (Å²) in [5.74, 6) is -3.19. The minimum atomic E-state index is -1.18. The van der Waals surface area contributed by atoms with E-state index in [0.29, 0.717) is 0 Å². The molecule has 6 nitrogen and oxygen atoms in total. The van der Waals surface area contributed by atoms with Gasteiger partial charge in [0.15, 0.2) is 11.6 Å². The van der Waals surface area contributed by atoms with Crippen molar-refractivity contribution in [3.05, 3.63) is 52.1 Å². The molecule has 0 bridgehead atoms. The second-order valence-electron chi connectivity index (χ2n) is 3.46. The lowest BCUT2D eigenvalue weighted by Gasteiger charge is -2.06. The summed E-state index contributed by atoms with van der Waals surface area (Å²) >= 11 is 0. The molecule has 1 aromatic carbocycles. The van der Waals surface area contributed by atoms with Gasteiger partial charge in [-0.05, 0) is 12.1 Å². The molecule has 0 aliphatic rings. The van der Waals surface area contributed by atoms with Crippen LogP contribution in [0.3, 0.4) is 0 Å². The van der Waals surface area contributed by atoms with Crippen molar-refractivity contribution in [2.45, 2.75) is 0 Å². The monoisotopic (exact) mass is 267 g/mol. The highest BCUT2D eigenvalue weighted by molar-refractivity contribution is 5.53. The van der Waals surface area contributed by atoms with Crippen molar-refractivity contribution in [1.82, 2.24) is 4.98 Å². The fourth-order valence-electron chi connectivity index (χ4n) is 1.34. The van der Waals surface area contributed by atoms with Crippen LogP contribution in [0.25, 0.3) is 0 Å². The Labute approximate surface area is 105 Å². The van der Waals surface area contributed by atoms with Gasteiger partial charge < -0.3 is 10.5 Å². The molecule has 8 heteroatoms. The van der Waals surface area contributed by atoms with Crippen molar-refractivity contribution in [3.63, 3.8) is 0 Å². The van der Waals surface area contributed by atoms with Gasteiger partial charge in [0, 0.05) is 12.1 Å². The summed E-state index contributed by atoms with van der Waals surface area (Å²) < 4.78 is 31.2. The summed E-state index contributed by atoms with van der Waals surface area (Å²) in [4.78, 5) is 13.4. The largest absolute Gasteiger partial charge is 0.436 e. The number of nitrogens with zero attached hydrogens (tertiary/aromatic N) is 2. The molecule has 0 radical (unpaired) electrons. The zero-order valence-electron chi connectivity index (χ0n) is 9.34. The Morgan fingerprint density at radius 3 is 2.63 bits per heavy atom. The van der Waals surface area contributed by atoms with Gasteiger partial charge in [-0.25, -0.2) is 4.39 Å². The number of nitro groups is 1. The highest BCUT2D eigenvalue weighted by atomic mass is 19.2. The van der Waals surface area contributed by atoms with E-state index in [-0.39, 0.29) is 17.4 Å². The molecule has 2 aromatic rings. The van der Waals surface area contributed by atoms with E-state index in [9.17, 15) is 18.9 Å². The Balaban J connectivity index is 2.32. The van der Waals surface area contributed by atoms with Gasteiger partial charge in [0.25, 0.3) is 0 Å². The molecule has 0 fully saturated rings. The molecule has 1 aromatic heterocycles. The maximum atomic E-state index is 13.3. The van der Waals surface area contributed by atoms with Gasteiger partial charge >= 0.3 is 5.69 Å². The quantitative estimate of drug-likeness (QED) is 0.681. The number of aromatic nitrogens is 1. The predicted octanol–water partition coefficient (Wildman–Crippen LogP) is 2.64. The number of pyridine rings is 1. The summed E-state index contributed by atoms with van der Waals surface area (Å²) in [6.45, 7) is 0. The summed E-state index contributed by atoms with van der Waals surface area (Å²) in [5, 5.41) is 10.5. The summed E-state index contributed by atoms with van der Waals surface area (Å²) in [5.41, 5.74) is 4.95. The van der Waals surface area contributed by atoms with Gasteiger partial charge in [-0.1, -0.05) is 6.07 Å². The van der Waals surface area contributed by atoms with Crippen molar-refractivity contribution < 1.29 is 18.4 Å². The maximum absolute atomic E-state index is 13.3. The van der Waals surface area contributed by atoms with Crippen LogP contribution in [0.4, 0.5) is 20.3 Å². The molecule has 2 N–H and O–H groups in total. The Morgan fingerprint density at radius 2 is 2.00 bits per heavy atom. The van der Waals surface area contributed by atoms with E-state index < -0.39 is 22.2 Å². The second-order valence-corrected chi connectivity index (χ2v) is 3.46. The van der Waals surface area contributed by atoms with Crippen molar-refractivity contribution in [1.29, 1.82) is 0 Å². The predicted molar refractivity (Wildman–Crippen MR) is 61.7 cm³/mol. The fourth-order valence-corrected chi connectivity index (χ4v) is 1.34. The molecule has 0 amide bonds. The molecule has 0 saturated heterocycles. The van der Waals surface area contributed by atoms with Gasteiger partial charge in [0.2, 0.25) is 17.5 Å². The van der Waals surface area contributed by atoms with Gasteiger partial charge in [-0.2, -0.15) is 9.37 Å². The highest BCUT2D eigenvalue weighted by Gasteiger charge is 2.15. The van der Waals surface area contributed by atoms with E-state index in [1.54, 1.807) is 0 Å². The molecule has 1 heterocycles. The van der Waals surface area contributed by atoms with Crippen LogP contribution in [0.1, 0.15) is 0 Å². The smallest absolute Gasteiger partial charge is 0.311 e. The number of rotatable bonds is 3. The van der Waals surface area contributed by atoms with Crippen LogP contribution >= 0.6 is 0 Å². The number of nitrogen functional groups attached to an aromatic ring is 1. The first-order chi connectivity index (χ1) is 8.99. The molecule has 19 heavy (non-hydrogen) atoms. The number of benzene rings is 1. The Bertz CT molecular complexity index is 649. The molecule has 0 saturated carbocycles.